The van der Waals surface area contributed by atoms with Crippen LogP contribution in [0.2, 0.25) is 0 Å². The summed E-state index contributed by atoms with van der Waals surface area (Å²) in [6.07, 6.45) is 0. The van der Waals surface area contributed by atoms with E-state index in [0.717, 1.165) is 17.0 Å². The van der Waals surface area contributed by atoms with E-state index in [1.165, 1.54) is 11.3 Å². The molecule has 1 aliphatic heterocycles. The number of benzodiazepines with no additional fused rings is 1. The lowest BCUT2D eigenvalue weighted by Crippen LogP contribution is -2.41. The number of hydrogen-bond donors (Lipinski definition) is 0. The number of nitrogens with zero attached hydrogens (tertiary/aromatic N) is 2. The van der Waals surface area contributed by atoms with Crippen molar-refractivity contribution in [2.75, 3.05) is 11.4 Å². The van der Waals surface area contributed by atoms with E-state index in [1.807, 2.05) is 19.9 Å². The van der Waals surface area contributed by atoms with Crippen molar-refractivity contribution in [1.82, 2.24) is 0 Å². The summed E-state index contributed by atoms with van der Waals surface area (Å²) in [6, 6.07) is 18.9. The molecule has 0 saturated carbocycles. The molecule has 3 rings (SSSR count). The van der Waals surface area contributed by atoms with E-state index in [4.69, 9.17) is 4.99 Å². The summed E-state index contributed by atoms with van der Waals surface area (Å²) >= 11 is 0. The van der Waals surface area contributed by atoms with Gasteiger partial charge in [0.1, 0.15) is 0 Å². The molecule has 0 N–H and O–H groups in total. The van der Waals surface area contributed by atoms with Gasteiger partial charge in [0, 0.05) is 30.8 Å². The predicted octanol–water partition coefficient (Wildman–Crippen LogP) is 5.30. The molecule has 2 nitrogen and oxygen atoms in total. The van der Waals surface area contributed by atoms with E-state index in [9.17, 15) is 0 Å². The second-order valence-electron chi connectivity index (χ2n) is 6.62. The first-order chi connectivity index (χ1) is 11.5. The molecule has 0 spiro atoms. The van der Waals surface area contributed by atoms with Gasteiger partial charge in [-0.2, -0.15) is 0 Å². The minimum absolute atomic E-state index is 0. The van der Waals surface area contributed by atoms with Crippen molar-refractivity contribution in [3.8, 4) is 0 Å². The monoisotopic (exact) mass is 331 g/mol. The van der Waals surface area contributed by atoms with Gasteiger partial charge in [0.25, 0.3) is 0 Å². The fraction of sp³-hybridized carbons (Fsp3) is 0.318. The Morgan fingerprint density at radius 2 is 1.48 bits per heavy atom. The molecule has 0 saturated heterocycles. The molecule has 1 heterocycles. The number of para-hydroxylation sites is 1. The Balaban J connectivity index is 0.00000101. The Bertz CT molecular complexity index is 727. The second kappa shape index (κ2) is 8.71. The molecule has 0 fully saturated rings. The lowest BCUT2D eigenvalue weighted by Gasteiger charge is -2.38. The van der Waals surface area contributed by atoms with Crippen LogP contribution in [0.4, 0.5) is 5.69 Å². The minimum atomic E-state index is -0.0329. The highest BCUT2D eigenvalue weighted by Gasteiger charge is 2.29. The van der Waals surface area contributed by atoms with Gasteiger partial charge in [0.05, 0.1) is 17.9 Å². The minimum Gasteiger partial charge on any atom is -0.338 e. The molecule has 2 aromatic carbocycles. The van der Waals surface area contributed by atoms with Crippen molar-refractivity contribution in [3.05, 3.63) is 78.0 Å². The third kappa shape index (κ3) is 4.42. The maximum absolute atomic E-state index is 4.85. The summed E-state index contributed by atoms with van der Waals surface area (Å²) in [6.45, 7) is 15.5. The van der Waals surface area contributed by atoms with Crippen LogP contribution in [0.5, 0.6) is 0 Å². The number of fused-ring (bicyclic) bond motifs is 1. The molecule has 0 aliphatic carbocycles. The Kier molecular flexibility index (Phi) is 7.23. The zero-order valence-electron chi connectivity index (χ0n) is 16.1. The maximum atomic E-state index is 4.85. The first-order valence-electron chi connectivity index (χ1n) is 8.66. The van der Waals surface area contributed by atoms with E-state index in [-0.39, 0.29) is 14.0 Å². The van der Waals surface area contributed by atoms with Crippen LogP contribution in [0.1, 0.15) is 45.7 Å². The second-order valence-corrected chi connectivity index (χ2v) is 6.62. The molecule has 0 amide bonds. The number of benzene rings is 2. The van der Waals surface area contributed by atoms with E-state index in [1.54, 1.807) is 0 Å². The highest BCUT2D eigenvalue weighted by Crippen LogP contribution is 2.34. The molecule has 3 heteroatoms. The predicted molar refractivity (Wildman–Crippen MR) is 112 cm³/mol. The zero-order chi connectivity index (χ0) is 17.7. The first kappa shape index (κ1) is 20.8. The van der Waals surface area contributed by atoms with Gasteiger partial charge < -0.3 is 4.90 Å². The number of hydrogen-bond acceptors (Lipinski definition) is 2. The maximum Gasteiger partial charge on any atom is 0.0793 e. The van der Waals surface area contributed by atoms with Crippen molar-refractivity contribution >= 4 is 19.8 Å². The molecule has 25 heavy (non-hydrogen) atoms. The average molecular weight is 331 g/mol. The van der Waals surface area contributed by atoms with Crippen molar-refractivity contribution in [2.45, 2.75) is 40.2 Å². The molecule has 0 aromatic heterocycles. The van der Waals surface area contributed by atoms with Gasteiger partial charge in [-0.05, 0) is 26.8 Å². The molecule has 1 aliphatic rings. The summed E-state index contributed by atoms with van der Waals surface area (Å²) in [7, 11) is 0. The summed E-state index contributed by atoms with van der Waals surface area (Å²) in [5.74, 6) is 0. The summed E-state index contributed by atoms with van der Waals surface area (Å²) < 4.78 is 0. The van der Waals surface area contributed by atoms with Crippen LogP contribution >= 0.6 is 0 Å². The Morgan fingerprint density at radius 1 is 0.920 bits per heavy atom. The van der Waals surface area contributed by atoms with Crippen LogP contribution in [-0.4, -0.2) is 26.2 Å². The van der Waals surface area contributed by atoms with Gasteiger partial charge in [0.15, 0.2) is 0 Å². The Labute approximate surface area is 154 Å². The van der Waals surface area contributed by atoms with Crippen LogP contribution in [0.25, 0.3) is 0 Å². The SMILES string of the molecule is C=C1CN=C(c2ccccc2)c2ccccc2N1C(C)(C)C.CC.[B]. The van der Waals surface area contributed by atoms with Crippen LogP contribution in [0.15, 0.2) is 71.9 Å². The first-order valence-corrected chi connectivity index (χ1v) is 8.66. The van der Waals surface area contributed by atoms with Crippen LogP contribution < -0.4 is 4.90 Å². The smallest absolute Gasteiger partial charge is 0.0793 e. The molecule has 2 aromatic rings. The molecule has 3 radical (unpaired) electrons. The Hall–Kier alpha value is -2.29. The highest BCUT2D eigenvalue weighted by molar-refractivity contribution is 6.16. The molecular formula is C22H28BN2. The van der Waals surface area contributed by atoms with Crippen LogP contribution in [0, 0.1) is 0 Å². The fourth-order valence-corrected chi connectivity index (χ4v) is 3.04. The van der Waals surface area contributed by atoms with Crippen molar-refractivity contribution in [1.29, 1.82) is 0 Å². The molecule has 0 unspecified atom stereocenters. The van der Waals surface area contributed by atoms with Gasteiger partial charge in [-0.3, -0.25) is 4.99 Å². The number of rotatable bonds is 1. The molecular weight excluding hydrogens is 303 g/mol. The van der Waals surface area contributed by atoms with Crippen molar-refractivity contribution in [2.24, 2.45) is 4.99 Å². The standard InChI is InChI=1S/C20H22N2.C2H6.B/c1-15-14-21-19(16-10-6-5-7-11-16)17-12-8-9-13-18(17)22(15)20(2,3)4;1-2;/h5-13H,1,14H2,2-4H3;1-2H3;. The van der Waals surface area contributed by atoms with E-state index >= 15 is 0 Å². The highest BCUT2D eigenvalue weighted by atomic mass is 15.2. The summed E-state index contributed by atoms with van der Waals surface area (Å²) in [5.41, 5.74) is 5.55. The van der Waals surface area contributed by atoms with Gasteiger partial charge in [-0.15, -0.1) is 0 Å². The van der Waals surface area contributed by atoms with Crippen molar-refractivity contribution in [3.63, 3.8) is 0 Å². The normalized spacial score (nSPS) is 13.6. The zero-order valence-corrected chi connectivity index (χ0v) is 16.1. The topological polar surface area (TPSA) is 15.6 Å². The largest absolute Gasteiger partial charge is 0.338 e. The van der Waals surface area contributed by atoms with Crippen molar-refractivity contribution < 1.29 is 0 Å². The third-order valence-electron chi connectivity index (χ3n) is 3.85. The van der Waals surface area contributed by atoms with Gasteiger partial charge >= 0.3 is 0 Å². The lowest BCUT2D eigenvalue weighted by atomic mass is 9.97. The summed E-state index contributed by atoms with van der Waals surface area (Å²) in [5, 5.41) is 0. The molecule has 0 bridgehead atoms. The summed E-state index contributed by atoms with van der Waals surface area (Å²) in [4.78, 5) is 7.16. The number of anilines is 1. The van der Waals surface area contributed by atoms with Gasteiger partial charge in [0.2, 0.25) is 0 Å². The van der Waals surface area contributed by atoms with Crippen LogP contribution in [-0.2, 0) is 0 Å². The van der Waals surface area contributed by atoms with Crippen LogP contribution in [0.3, 0.4) is 0 Å². The number of aliphatic imine (C=N–C) groups is 1. The molecule has 129 valence electrons. The average Bonchev–Trinajstić information content (AvgIpc) is 2.73. The van der Waals surface area contributed by atoms with Gasteiger partial charge in [-0.25, -0.2) is 0 Å². The van der Waals surface area contributed by atoms with E-state index < -0.39 is 0 Å². The fourth-order valence-electron chi connectivity index (χ4n) is 3.04. The quantitative estimate of drug-likeness (QED) is 0.647. The van der Waals surface area contributed by atoms with E-state index in [2.05, 4.69) is 80.8 Å². The Morgan fingerprint density at radius 3 is 2.08 bits per heavy atom. The third-order valence-corrected chi connectivity index (χ3v) is 3.85. The van der Waals surface area contributed by atoms with E-state index in [0.29, 0.717) is 6.54 Å². The lowest BCUT2D eigenvalue weighted by molar-refractivity contribution is 0.539. The van der Waals surface area contributed by atoms with Gasteiger partial charge in [-0.1, -0.05) is 69.0 Å². The molecule has 0 atom stereocenters.